The van der Waals surface area contributed by atoms with E-state index in [9.17, 15) is 4.79 Å². The van der Waals surface area contributed by atoms with Crippen molar-refractivity contribution in [1.29, 1.82) is 0 Å². The van der Waals surface area contributed by atoms with Gasteiger partial charge in [0.25, 0.3) is 0 Å². The van der Waals surface area contributed by atoms with Crippen LogP contribution in [0, 0.1) is 5.41 Å². The molecular formula is C27H37NO4. The Kier molecular flexibility index (Phi) is 8.19. The molecular weight excluding hydrogens is 402 g/mol. The number of likely N-dealkylation sites (tertiary alicyclic amines) is 1. The molecule has 3 rings (SSSR count). The minimum Gasteiger partial charge on any atom is -0.497 e. The van der Waals surface area contributed by atoms with Crippen molar-refractivity contribution in [2.75, 3.05) is 27.3 Å². The molecule has 32 heavy (non-hydrogen) atoms. The lowest BCUT2D eigenvalue weighted by atomic mass is 9.97. The van der Waals surface area contributed by atoms with Gasteiger partial charge in [-0.25, -0.2) is 0 Å². The van der Waals surface area contributed by atoms with E-state index < -0.39 is 5.41 Å². The van der Waals surface area contributed by atoms with Gasteiger partial charge in [0.2, 0.25) is 0 Å². The fourth-order valence-electron chi connectivity index (χ4n) is 4.04. The van der Waals surface area contributed by atoms with Crippen LogP contribution < -0.4 is 9.47 Å². The van der Waals surface area contributed by atoms with Gasteiger partial charge in [-0.2, -0.15) is 0 Å². The fourth-order valence-corrected chi connectivity index (χ4v) is 4.04. The molecule has 2 aromatic rings. The number of carbonyl (C=O) groups excluding carboxylic acids is 1. The van der Waals surface area contributed by atoms with Gasteiger partial charge in [-0.05, 0) is 76.4 Å². The number of carbonyl (C=O) groups is 1. The van der Waals surface area contributed by atoms with E-state index in [-0.39, 0.29) is 12.1 Å². The molecule has 1 aliphatic rings. The van der Waals surface area contributed by atoms with Crippen molar-refractivity contribution in [2.45, 2.75) is 58.6 Å². The molecule has 0 aromatic heterocycles. The number of likely N-dealkylation sites (N-methyl/N-ethyl adjacent to an activating group) is 1. The number of hydrogen-bond acceptors (Lipinski definition) is 5. The Bertz CT molecular complexity index is 889. The lowest BCUT2D eigenvalue weighted by Crippen LogP contribution is -2.30. The number of para-hydroxylation sites is 1. The van der Waals surface area contributed by atoms with E-state index in [4.69, 9.17) is 14.2 Å². The predicted octanol–water partition coefficient (Wildman–Crippen LogP) is 4.91. The predicted molar refractivity (Wildman–Crippen MR) is 127 cm³/mol. The zero-order valence-electron chi connectivity index (χ0n) is 20.1. The van der Waals surface area contributed by atoms with Gasteiger partial charge in [0.1, 0.15) is 17.6 Å². The third kappa shape index (κ3) is 6.73. The van der Waals surface area contributed by atoms with Gasteiger partial charge in [-0.15, -0.1) is 0 Å². The molecule has 0 unspecified atom stereocenters. The van der Waals surface area contributed by atoms with Crippen LogP contribution in [0.1, 0.15) is 44.7 Å². The van der Waals surface area contributed by atoms with E-state index in [1.807, 2.05) is 45.0 Å². The Morgan fingerprint density at radius 3 is 2.62 bits per heavy atom. The van der Waals surface area contributed by atoms with Crippen LogP contribution in [0.5, 0.6) is 11.5 Å². The Morgan fingerprint density at radius 2 is 1.88 bits per heavy atom. The lowest BCUT2D eigenvalue weighted by Gasteiger charge is -2.20. The number of ether oxygens (including phenoxy) is 3. The number of rotatable bonds is 9. The first-order valence-electron chi connectivity index (χ1n) is 11.5. The van der Waals surface area contributed by atoms with E-state index in [0.717, 1.165) is 43.7 Å². The quantitative estimate of drug-likeness (QED) is 0.520. The standard InChI is InChI=1S/C27H37NO4/c1-27(2,3)26(29)32-24-18-22(28(4)19-24)15-16-31-25-12-7-6-10-21(25)14-13-20-9-8-11-23(17-20)30-5/h6-12,17,22,24H,13-16,18-19H2,1-5H3/t22-,24-/m1/s1. The van der Waals surface area contributed by atoms with Gasteiger partial charge >= 0.3 is 5.97 Å². The highest BCUT2D eigenvalue weighted by molar-refractivity contribution is 5.75. The maximum absolute atomic E-state index is 12.2. The van der Waals surface area contributed by atoms with Crippen LogP contribution in [0.25, 0.3) is 0 Å². The van der Waals surface area contributed by atoms with Crippen molar-refractivity contribution in [3.63, 3.8) is 0 Å². The maximum Gasteiger partial charge on any atom is 0.311 e. The molecule has 0 amide bonds. The minimum atomic E-state index is -0.464. The van der Waals surface area contributed by atoms with Crippen molar-refractivity contribution in [3.8, 4) is 11.5 Å². The van der Waals surface area contributed by atoms with E-state index in [1.165, 1.54) is 11.1 Å². The van der Waals surface area contributed by atoms with Crippen LogP contribution in [0.15, 0.2) is 48.5 Å². The zero-order chi connectivity index (χ0) is 23.1. The van der Waals surface area contributed by atoms with Crippen molar-refractivity contribution in [3.05, 3.63) is 59.7 Å². The monoisotopic (exact) mass is 439 g/mol. The summed E-state index contributed by atoms with van der Waals surface area (Å²) in [6.07, 6.45) is 3.58. The van der Waals surface area contributed by atoms with E-state index in [1.54, 1.807) is 7.11 Å². The molecule has 0 aliphatic carbocycles. The molecule has 0 spiro atoms. The second-order valence-corrected chi connectivity index (χ2v) is 9.70. The average molecular weight is 440 g/mol. The van der Waals surface area contributed by atoms with Crippen LogP contribution in [0.3, 0.4) is 0 Å². The van der Waals surface area contributed by atoms with Gasteiger partial charge in [0, 0.05) is 19.0 Å². The van der Waals surface area contributed by atoms with Crippen molar-refractivity contribution >= 4 is 5.97 Å². The smallest absolute Gasteiger partial charge is 0.311 e. The van der Waals surface area contributed by atoms with E-state index in [0.29, 0.717) is 12.6 Å². The lowest BCUT2D eigenvalue weighted by molar-refractivity contribution is -0.157. The second-order valence-electron chi connectivity index (χ2n) is 9.70. The van der Waals surface area contributed by atoms with Crippen molar-refractivity contribution in [1.82, 2.24) is 4.90 Å². The molecule has 0 N–H and O–H groups in total. The number of hydrogen-bond donors (Lipinski definition) is 0. The van der Waals surface area contributed by atoms with Gasteiger partial charge in [-0.1, -0.05) is 30.3 Å². The van der Waals surface area contributed by atoms with Crippen LogP contribution in [-0.2, 0) is 22.4 Å². The summed E-state index contributed by atoms with van der Waals surface area (Å²) in [5, 5.41) is 0. The minimum absolute atomic E-state index is 0.0353. The first-order valence-corrected chi connectivity index (χ1v) is 11.5. The Hall–Kier alpha value is -2.53. The molecule has 1 heterocycles. The second kappa shape index (κ2) is 10.9. The first-order chi connectivity index (χ1) is 15.3. The largest absolute Gasteiger partial charge is 0.497 e. The number of esters is 1. The van der Waals surface area contributed by atoms with Crippen LogP contribution in [0.2, 0.25) is 0 Å². The molecule has 174 valence electrons. The Morgan fingerprint density at radius 1 is 1.09 bits per heavy atom. The number of benzene rings is 2. The molecule has 5 nitrogen and oxygen atoms in total. The maximum atomic E-state index is 12.2. The van der Waals surface area contributed by atoms with Gasteiger partial charge in [0.15, 0.2) is 0 Å². The highest BCUT2D eigenvalue weighted by Crippen LogP contribution is 2.26. The Labute approximate surface area is 192 Å². The topological polar surface area (TPSA) is 48.0 Å². The zero-order valence-corrected chi connectivity index (χ0v) is 20.1. The number of methoxy groups -OCH3 is 1. The molecule has 1 saturated heterocycles. The van der Waals surface area contributed by atoms with Gasteiger partial charge in [-0.3, -0.25) is 9.69 Å². The summed E-state index contributed by atoms with van der Waals surface area (Å²) in [7, 11) is 3.79. The summed E-state index contributed by atoms with van der Waals surface area (Å²) in [6.45, 7) is 7.11. The Balaban J connectivity index is 1.49. The first kappa shape index (κ1) is 24.1. The molecule has 2 atom stereocenters. The molecule has 0 bridgehead atoms. The molecule has 0 radical (unpaired) electrons. The molecule has 0 saturated carbocycles. The summed E-state index contributed by atoms with van der Waals surface area (Å²) in [4.78, 5) is 14.5. The average Bonchev–Trinajstić information content (AvgIpc) is 3.11. The SMILES string of the molecule is COc1cccc(CCc2ccccc2OCC[C@@H]2C[C@@H](OC(=O)C(C)(C)C)CN2C)c1. The number of nitrogens with zero attached hydrogens (tertiary/aromatic N) is 1. The summed E-state index contributed by atoms with van der Waals surface area (Å²) < 4.78 is 17.2. The highest BCUT2D eigenvalue weighted by Gasteiger charge is 2.34. The van der Waals surface area contributed by atoms with Crippen molar-refractivity contribution in [2.24, 2.45) is 5.41 Å². The van der Waals surface area contributed by atoms with Gasteiger partial charge in [0.05, 0.1) is 19.1 Å². The van der Waals surface area contributed by atoms with E-state index >= 15 is 0 Å². The van der Waals surface area contributed by atoms with Crippen molar-refractivity contribution < 1.29 is 19.0 Å². The molecule has 1 aliphatic heterocycles. The van der Waals surface area contributed by atoms with Crippen LogP contribution in [-0.4, -0.2) is 50.3 Å². The normalized spacial score (nSPS) is 19.0. The van der Waals surface area contributed by atoms with Gasteiger partial charge < -0.3 is 14.2 Å². The molecule has 2 aromatic carbocycles. The number of aryl methyl sites for hydroxylation is 2. The third-order valence-corrected chi connectivity index (χ3v) is 6.03. The molecule has 1 fully saturated rings. The summed E-state index contributed by atoms with van der Waals surface area (Å²) in [5.41, 5.74) is 2.00. The van der Waals surface area contributed by atoms with Crippen LogP contribution in [0.4, 0.5) is 0 Å². The summed E-state index contributed by atoms with van der Waals surface area (Å²) >= 11 is 0. The highest BCUT2D eigenvalue weighted by atomic mass is 16.5. The molecule has 5 heteroatoms. The summed E-state index contributed by atoms with van der Waals surface area (Å²) in [6, 6.07) is 16.8. The third-order valence-electron chi connectivity index (χ3n) is 6.03. The van der Waals surface area contributed by atoms with Crippen LogP contribution >= 0.6 is 0 Å². The fraction of sp³-hybridized carbons (Fsp3) is 0.519. The van der Waals surface area contributed by atoms with E-state index in [2.05, 4.69) is 36.2 Å². The summed E-state index contributed by atoms with van der Waals surface area (Å²) in [5.74, 6) is 1.71.